The fraction of sp³-hybridized carbons (Fsp3) is 0.300. The Morgan fingerprint density at radius 1 is 1.41 bits per heavy atom. The molecule has 7 heteroatoms. The number of aliphatic hydroxyl groups excluding tert-OH is 1. The summed E-state index contributed by atoms with van der Waals surface area (Å²) in [5.74, 6) is -0.0222. The van der Waals surface area contributed by atoms with Gasteiger partial charge in [0.2, 0.25) is 0 Å². The highest BCUT2D eigenvalue weighted by atomic mass is 19.1. The fourth-order valence-electron chi connectivity index (χ4n) is 3.52. The van der Waals surface area contributed by atoms with Crippen molar-refractivity contribution in [1.82, 2.24) is 14.7 Å². The molecule has 0 spiro atoms. The van der Waals surface area contributed by atoms with Crippen molar-refractivity contribution in [2.75, 3.05) is 20.3 Å². The summed E-state index contributed by atoms with van der Waals surface area (Å²) >= 11 is 0. The van der Waals surface area contributed by atoms with Crippen LogP contribution >= 0.6 is 0 Å². The molecule has 3 heterocycles. The van der Waals surface area contributed by atoms with E-state index in [-0.39, 0.29) is 24.2 Å². The molecule has 0 saturated carbocycles. The van der Waals surface area contributed by atoms with Gasteiger partial charge >= 0.3 is 0 Å². The van der Waals surface area contributed by atoms with Crippen LogP contribution in [0.3, 0.4) is 0 Å². The smallest absolute Gasteiger partial charge is 0.270 e. The third kappa shape index (κ3) is 3.04. The van der Waals surface area contributed by atoms with Gasteiger partial charge in [0.15, 0.2) is 0 Å². The molecule has 1 atom stereocenters. The SMILES string of the molecule is CNC(=O)c1c(-c2ccc(F)cc2)nc2cc3c(cn12)C(CO)CCCO3. The Bertz CT molecular complexity index is 998. The van der Waals surface area contributed by atoms with E-state index in [2.05, 4.69) is 10.3 Å². The minimum Gasteiger partial charge on any atom is -0.493 e. The molecule has 0 aliphatic carbocycles. The number of ether oxygens (including phenoxy) is 1. The molecule has 0 radical (unpaired) electrons. The van der Waals surface area contributed by atoms with E-state index in [0.29, 0.717) is 35.0 Å². The van der Waals surface area contributed by atoms with Crippen LogP contribution in [-0.2, 0) is 0 Å². The third-order valence-electron chi connectivity index (χ3n) is 4.93. The summed E-state index contributed by atoms with van der Waals surface area (Å²) < 4.78 is 20.9. The number of amides is 1. The number of aromatic nitrogens is 2. The second-order valence-corrected chi connectivity index (χ2v) is 6.59. The maximum absolute atomic E-state index is 13.3. The summed E-state index contributed by atoms with van der Waals surface area (Å²) in [5, 5.41) is 12.4. The molecule has 140 valence electrons. The van der Waals surface area contributed by atoms with Gasteiger partial charge in [0.25, 0.3) is 5.91 Å². The number of fused-ring (bicyclic) bond motifs is 2. The largest absolute Gasteiger partial charge is 0.493 e. The van der Waals surface area contributed by atoms with Crippen molar-refractivity contribution in [3.8, 4) is 17.0 Å². The summed E-state index contributed by atoms with van der Waals surface area (Å²) in [6.07, 6.45) is 3.48. The van der Waals surface area contributed by atoms with Crippen LogP contribution in [0, 0.1) is 5.82 Å². The number of nitrogens with one attached hydrogen (secondary N) is 1. The molecule has 0 fully saturated rings. The van der Waals surface area contributed by atoms with Crippen molar-refractivity contribution >= 4 is 11.6 Å². The van der Waals surface area contributed by atoms with E-state index in [1.165, 1.54) is 12.1 Å². The zero-order chi connectivity index (χ0) is 19.0. The van der Waals surface area contributed by atoms with Crippen LogP contribution in [0.25, 0.3) is 16.9 Å². The molecular weight excluding hydrogens is 349 g/mol. The molecule has 27 heavy (non-hydrogen) atoms. The van der Waals surface area contributed by atoms with Crippen LogP contribution in [-0.4, -0.2) is 40.7 Å². The van der Waals surface area contributed by atoms with E-state index in [1.807, 2.05) is 6.20 Å². The van der Waals surface area contributed by atoms with Crippen molar-refractivity contribution in [1.29, 1.82) is 0 Å². The zero-order valence-electron chi connectivity index (χ0n) is 14.9. The number of pyridine rings is 1. The summed E-state index contributed by atoms with van der Waals surface area (Å²) in [5.41, 5.74) is 2.90. The van der Waals surface area contributed by atoms with Crippen molar-refractivity contribution in [3.05, 3.63) is 53.6 Å². The lowest BCUT2D eigenvalue weighted by molar-refractivity contribution is 0.0958. The predicted molar refractivity (Wildman–Crippen MR) is 98.5 cm³/mol. The molecular formula is C20H20FN3O3. The van der Waals surface area contributed by atoms with E-state index in [4.69, 9.17) is 4.74 Å². The normalized spacial score (nSPS) is 16.5. The number of halogens is 1. The van der Waals surface area contributed by atoms with Crippen LogP contribution in [0.5, 0.6) is 5.75 Å². The highest BCUT2D eigenvalue weighted by Gasteiger charge is 2.25. The average Bonchev–Trinajstić information content (AvgIpc) is 2.93. The monoisotopic (exact) mass is 369 g/mol. The minimum atomic E-state index is -0.352. The van der Waals surface area contributed by atoms with Crippen LogP contribution in [0.15, 0.2) is 36.5 Å². The van der Waals surface area contributed by atoms with Crippen molar-refractivity contribution in [2.24, 2.45) is 0 Å². The van der Waals surface area contributed by atoms with E-state index in [1.54, 1.807) is 29.6 Å². The highest BCUT2D eigenvalue weighted by Crippen LogP contribution is 2.35. The van der Waals surface area contributed by atoms with Crippen molar-refractivity contribution in [3.63, 3.8) is 0 Å². The maximum Gasteiger partial charge on any atom is 0.270 e. The number of carbonyl (C=O) groups excluding carboxylic acids is 1. The number of hydrogen-bond acceptors (Lipinski definition) is 4. The molecule has 4 rings (SSSR count). The second kappa shape index (κ2) is 7.00. The Balaban J connectivity index is 1.97. The minimum absolute atomic E-state index is 0.0106. The molecule has 0 bridgehead atoms. The third-order valence-corrected chi connectivity index (χ3v) is 4.93. The van der Waals surface area contributed by atoms with Gasteiger partial charge in [0, 0.05) is 36.4 Å². The van der Waals surface area contributed by atoms with Gasteiger partial charge in [-0.1, -0.05) is 0 Å². The number of nitrogens with zero attached hydrogens (tertiary/aromatic N) is 2. The lowest BCUT2D eigenvalue weighted by atomic mass is 9.97. The lowest BCUT2D eigenvalue weighted by Gasteiger charge is -2.15. The van der Waals surface area contributed by atoms with Gasteiger partial charge in [-0.2, -0.15) is 0 Å². The van der Waals surface area contributed by atoms with Gasteiger partial charge in [0.1, 0.15) is 28.6 Å². The first-order valence-electron chi connectivity index (χ1n) is 8.90. The highest BCUT2D eigenvalue weighted by molar-refractivity contribution is 5.99. The Morgan fingerprint density at radius 2 is 2.19 bits per heavy atom. The second-order valence-electron chi connectivity index (χ2n) is 6.59. The van der Waals surface area contributed by atoms with Gasteiger partial charge in [0.05, 0.1) is 13.2 Å². The molecule has 1 aromatic carbocycles. The number of imidazole rings is 1. The van der Waals surface area contributed by atoms with Gasteiger partial charge < -0.3 is 15.2 Å². The topological polar surface area (TPSA) is 75.9 Å². The molecule has 1 amide bonds. The first-order valence-corrected chi connectivity index (χ1v) is 8.90. The maximum atomic E-state index is 13.3. The van der Waals surface area contributed by atoms with Gasteiger partial charge in [-0.05, 0) is 37.1 Å². The quantitative estimate of drug-likeness (QED) is 0.744. The number of hydrogen-bond donors (Lipinski definition) is 2. The van der Waals surface area contributed by atoms with E-state index < -0.39 is 0 Å². The first kappa shape index (κ1) is 17.5. The van der Waals surface area contributed by atoms with Crippen LogP contribution < -0.4 is 10.1 Å². The van der Waals surface area contributed by atoms with Gasteiger partial charge in [-0.25, -0.2) is 9.37 Å². The van der Waals surface area contributed by atoms with Crippen molar-refractivity contribution in [2.45, 2.75) is 18.8 Å². The van der Waals surface area contributed by atoms with E-state index >= 15 is 0 Å². The number of rotatable bonds is 3. The average molecular weight is 369 g/mol. The standard InChI is InChI=1S/C20H20FN3O3/c1-22-20(26)19-18(12-4-6-14(21)7-5-12)23-17-9-16-15(10-24(17)19)13(11-25)3-2-8-27-16/h4-7,9-10,13,25H,2-3,8,11H2,1H3,(H,22,26). The van der Waals surface area contributed by atoms with Crippen LogP contribution in [0.4, 0.5) is 4.39 Å². The van der Waals surface area contributed by atoms with Crippen LogP contribution in [0.2, 0.25) is 0 Å². The molecule has 2 aromatic heterocycles. The Labute approximate surface area is 155 Å². The van der Waals surface area contributed by atoms with E-state index in [0.717, 1.165) is 18.4 Å². The molecule has 1 aliphatic rings. The summed E-state index contributed by atoms with van der Waals surface area (Å²) in [4.78, 5) is 17.2. The molecule has 2 N–H and O–H groups in total. The number of benzene rings is 1. The summed E-state index contributed by atoms with van der Waals surface area (Å²) in [7, 11) is 1.55. The molecule has 1 aliphatic heterocycles. The Kier molecular flexibility index (Phi) is 4.53. The Hall–Kier alpha value is -2.93. The molecule has 6 nitrogen and oxygen atoms in total. The number of carbonyl (C=O) groups is 1. The van der Waals surface area contributed by atoms with Gasteiger partial charge in [-0.15, -0.1) is 0 Å². The summed E-state index contributed by atoms with van der Waals surface area (Å²) in [6.45, 7) is 0.587. The van der Waals surface area contributed by atoms with Gasteiger partial charge in [-0.3, -0.25) is 9.20 Å². The number of aliphatic hydroxyl groups is 1. The van der Waals surface area contributed by atoms with Crippen molar-refractivity contribution < 1.29 is 19.0 Å². The molecule has 3 aromatic rings. The molecule has 0 saturated heterocycles. The Morgan fingerprint density at radius 3 is 2.89 bits per heavy atom. The lowest BCUT2D eigenvalue weighted by Crippen LogP contribution is -2.21. The van der Waals surface area contributed by atoms with Crippen LogP contribution in [0.1, 0.15) is 34.8 Å². The first-order chi connectivity index (χ1) is 13.1. The predicted octanol–water partition coefficient (Wildman–Crippen LogP) is 2.75. The van der Waals surface area contributed by atoms with E-state index in [9.17, 15) is 14.3 Å². The zero-order valence-corrected chi connectivity index (χ0v) is 14.9. The molecule has 1 unspecified atom stereocenters. The summed E-state index contributed by atoms with van der Waals surface area (Å²) in [6, 6.07) is 7.67. The fourth-order valence-corrected chi connectivity index (χ4v) is 3.52.